The molecule has 0 aliphatic carbocycles. The Morgan fingerprint density at radius 3 is 2.93 bits per heavy atom. The molecule has 8 heteroatoms. The molecule has 0 unspecified atom stereocenters. The minimum Gasteiger partial charge on any atom is -0.375 e. The van der Waals surface area contributed by atoms with Gasteiger partial charge in [0.05, 0.1) is 0 Å². The lowest BCUT2D eigenvalue weighted by molar-refractivity contribution is -0.127. The normalized spacial score (nSPS) is 11.8. The number of nitrogens with zero attached hydrogens (tertiary/aromatic N) is 2. The summed E-state index contributed by atoms with van der Waals surface area (Å²) < 4.78 is 23.1. The zero-order valence-corrected chi connectivity index (χ0v) is 7.42. The van der Waals surface area contributed by atoms with E-state index < -0.39 is 12.3 Å². The van der Waals surface area contributed by atoms with Crippen LogP contribution >= 0.6 is 11.3 Å². The van der Waals surface area contributed by atoms with Crippen molar-refractivity contribution in [3.63, 3.8) is 0 Å². The number of anilines is 1. The molecule has 0 aromatic carbocycles. The number of alkyl halides is 2. The van der Waals surface area contributed by atoms with Crippen molar-refractivity contribution in [2.45, 2.75) is 6.61 Å². The van der Waals surface area contributed by atoms with E-state index in [0.29, 0.717) is 0 Å². The smallest absolute Gasteiger partial charge is 0.375 e. The maximum atomic E-state index is 11.6. The van der Waals surface area contributed by atoms with Gasteiger partial charge in [-0.3, -0.25) is 4.79 Å². The quantitative estimate of drug-likeness (QED) is 0.600. The molecule has 2 N–H and O–H groups in total. The molecule has 0 atom stereocenters. The molecule has 0 aliphatic heterocycles. The highest BCUT2D eigenvalue weighted by Gasteiger charge is 2.10. The van der Waals surface area contributed by atoms with Crippen LogP contribution in [-0.2, 0) is 9.63 Å². The molecule has 0 bridgehead atoms. The first kappa shape index (κ1) is 10.5. The standard InChI is InChI=1S/C6H4F2N3O2S/c7-5(8)13-11-3(1-12)4-2-14-6(9)10-4/h2,5H,(H2,9,10)/b11-3+. The van der Waals surface area contributed by atoms with Gasteiger partial charge in [0.1, 0.15) is 5.69 Å². The highest BCUT2D eigenvalue weighted by molar-refractivity contribution is 7.13. The van der Waals surface area contributed by atoms with E-state index in [1.165, 1.54) is 11.7 Å². The average molecular weight is 220 g/mol. The summed E-state index contributed by atoms with van der Waals surface area (Å²) in [4.78, 5) is 17.5. The van der Waals surface area contributed by atoms with Crippen molar-refractivity contribution >= 4 is 28.5 Å². The molecule has 0 saturated carbocycles. The molecule has 0 fully saturated rings. The van der Waals surface area contributed by atoms with E-state index in [9.17, 15) is 13.6 Å². The summed E-state index contributed by atoms with van der Waals surface area (Å²) in [5.41, 5.74) is 4.87. The van der Waals surface area contributed by atoms with Crippen LogP contribution in [0.2, 0.25) is 0 Å². The van der Waals surface area contributed by atoms with Gasteiger partial charge in [-0.05, 0) is 0 Å². The van der Waals surface area contributed by atoms with Crippen molar-refractivity contribution in [3.8, 4) is 0 Å². The Hall–Kier alpha value is -1.57. The number of halogens is 2. The van der Waals surface area contributed by atoms with Crippen molar-refractivity contribution < 1.29 is 18.4 Å². The largest absolute Gasteiger partial charge is 0.407 e. The fraction of sp³-hybridized carbons (Fsp3) is 0.167. The van der Waals surface area contributed by atoms with Gasteiger partial charge in [0.15, 0.2) is 10.8 Å². The topological polar surface area (TPSA) is 77.6 Å². The molecule has 0 amide bonds. The fourth-order valence-corrected chi connectivity index (χ4v) is 1.15. The Morgan fingerprint density at radius 1 is 1.79 bits per heavy atom. The number of nitrogens with two attached hydrogens (primary N) is 1. The fourth-order valence-electron chi connectivity index (χ4n) is 0.607. The highest BCUT2D eigenvalue weighted by atomic mass is 32.1. The molecular weight excluding hydrogens is 216 g/mol. The van der Waals surface area contributed by atoms with Crippen molar-refractivity contribution in [1.29, 1.82) is 0 Å². The first-order valence-electron chi connectivity index (χ1n) is 3.25. The molecular formula is C6H4F2N3O2S. The Kier molecular flexibility index (Phi) is 3.46. The minimum absolute atomic E-state index is 0.0585. The second-order valence-corrected chi connectivity index (χ2v) is 2.87. The van der Waals surface area contributed by atoms with E-state index in [4.69, 9.17) is 5.73 Å². The third kappa shape index (κ3) is 2.73. The van der Waals surface area contributed by atoms with Crippen LogP contribution in [0.3, 0.4) is 0 Å². The van der Waals surface area contributed by atoms with Gasteiger partial charge in [-0.25, -0.2) is 4.98 Å². The number of nitrogen functional groups attached to an aromatic ring is 1. The van der Waals surface area contributed by atoms with E-state index in [-0.39, 0.29) is 10.8 Å². The van der Waals surface area contributed by atoms with Crippen LogP contribution in [0.4, 0.5) is 13.9 Å². The lowest BCUT2D eigenvalue weighted by Crippen LogP contribution is -2.05. The van der Waals surface area contributed by atoms with E-state index in [1.807, 2.05) is 0 Å². The van der Waals surface area contributed by atoms with Crippen LogP contribution in [0.5, 0.6) is 0 Å². The van der Waals surface area contributed by atoms with Crippen LogP contribution in [-0.4, -0.2) is 23.6 Å². The van der Waals surface area contributed by atoms with E-state index in [0.717, 1.165) is 11.3 Å². The SMILES string of the molecule is Nc1nc(/C([C]=O)=N/OC(F)F)cs1. The number of aromatic nitrogens is 1. The first-order valence-corrected chi connectivity index (χ1v) is 4.13. The maximum absolute atomic E-state index is 11.6. The summed E-state index contributed by atoms with van der Waals surface area (Å²) >= 11 is 1.05. The molecule has 1 heterocycles. The summed E-state index contributed by atoms with van der Waals surface area (Å²) in [6.45, 7) is -3.09. The molecule has 0 spiro atoms. The summed E-state index contributed by atoms with van der Waals surface area (Å²) in [6, 6.07) is 0. The number of carbonyl (C=O) groups excluding carboxylic acids is 1. The minimum atomic E-state index is -3.09. The van der Waals surface area contributed by atoms with Gasteiger partial charge in [0.25, 0.3) is 6.29 Å². The summed E-state index contributed by atoms with van der Waals surface area (Å²) in [5.74, 6) is 0. The molecule has 5 nitrogen and oxygen atoms in total. The summed E-state index contributed by atoms with van der Waals surface area (Å²) in [7, 11) is 0. The summed E-state index contributed by atoms with van der Waals surface area (Å²) in [5, 5.41) is 4.43. The molecule has 14 heavy (non-hydrogen) atoms. The maximum Gasteiger partial charge on any atom is 0.407 e. The lowest BCUT2D eigenvalue weighted by Gasteiger charge is -1.95. The third-order valence-corrected chi connectivity index (χ3v) is 1.76. The second kappa shape index (κ2) is 4.61. The van der Waals surface area contributed by atoms with Gasteiger partial charge in [-0.15, -0.1) is 11.3 Å². The molecule has 75 valence electrons. The second-order valence-electron chi connectivity index (χ2n) is 1.98. The van der Waals surface area contributed by atoms with Gasteiger partial charge in [-0.2, -0.15) is 8.78 Å². The summed E-state index contributed by atoms with van der Waals surface area (Å²) in [6.07, 6.45) is 1.32. The van der Waals surface area contributed by atoms with Gasteiger partial charge in [0.2, 0.25) is 0 Å². The molecule has 1 aromatic rings. The lowest BCUT2D eigenvalue weighted by atomic mass is 10.3. The van der Waals surface area contributed by atoms with Crippen LogP contribution < -0.4 is 5.73 Å². The molecule has 1 rings (SSSR count). The molecule has 0 saturated heterocycles. The predicted molar refractivity (Wildman–Crippen MR) is 45.8 cm³/mol. The van der Waals surface area contributed by atoms with Crippen LogP contribution in [0.1, 0.15) is 5.69 Å². The number of rotatable bonds is 4. The molecule has 0 aliphatic rings. The van der Waals surface area contributed by atoms with Crippen molar-refractivity contribution in [3.05, 3.63) is 11.1 Å². The van der Waals surface area contributed by atoms with Crippen molar-refractivity contribution in [1.82, 2.24) is 4.98 Å². The number of hydrogen-bond donors (Lipinski definition) is 1. The van der Waals surface area contributed by atoms with Crippen molar-refractivity contribution in [2.24, 2.45) is 5.16 Å². The predicted octanol–water partition coefficient (Wildman–Crippen LogP) is 0.778. The van der Waals surface area contributed by atoms with E-state index >= 15 is 0 Å². The van der Waals surface area contributed by atoms with Crippen LogP contribution in [0.15, 0.2) is 10.5 Å². The van der Waals surface area contributed by atoms with E-state index in [2.05, 4.69) is 15.0 Å². The Balaban J connectivity index is 2.81. The monoisotopic (exact) mass is 220 g/mol. The Bertz CT molecular complexity index is 353. The highest BCUT2D eigenvalue weighted by Crippen LogP contribution is 2.11. The van der Waals surface area contributed by atoms with Gasteiger partial charge >= 0.3 is 6.61 Å². The Labute approximate surface area is 81.2 Å². The third-order valence-electron chi connectivity index (χ3n) is 1.08. The Morgan fingerprint density at radius 2 is 2.50 bits per heavy atom. The number of oxime groups is 1. The zero-order valence-electron chi connectivity index (χ0n) is 6.61. The molecule has 1 aromatic heterocycles. The zero-order chi connectivity index (χ0) is 10.6. The van der Waals surface area contributed by atoms with Gasteiger partial charge in [-0.1, -0.05) is 5.16 Å². The molecule has 1 radical (unpaired) electrons. The van der Waals surface area contributed by atoms with Crippen LogP contribution in [0.25, 0.3) is 0 Å². The first-order chi connectivity index (χ1) is 6.63. The average Bonchev–Trinajstić information content (AvgIpc) is 2.53. The van der Waals surface area contributed by atoms with E-state index in [1.54, 1.807) is 0 Å². The number of hydrogen-bond acceptors (Lipinski definition) is 6. The number of thiazole rings is 1. The van der Waals surface area contributed by atoms with Gasteiger partial charge < -0.3 is 10.6 Å². The van der Waals surface area contributed by atoms with Crippen LogP contribution in [0, 0.1) is 0 Å². The van der Waals surface area contributed by atoms with Crippen molar-refractivity contribution in [2.75, 3.05) is 5.73 Å². The van der Waals surface area contributed by atoms with Gasteiger partial charge in [0, 0.05) is 5.38 Å².